The highest BCUT2D eigenvalue weighted by atomic mass is 16.3. The fourth-order valence-electron chi connectivity index (χ4n) is 2.76. The van der Waals surface area contributed by atoms with Crippen LogP contribution in [0.1, 0.15) is 78.6 Å². The molecule has 0 rings (SSSR count). The lowest BCUT2D eigenvalue weighted by Gasteiger charge is -2.42. The van der Waals surface area contributed by atoms with Crippen LogP contribution in [0, 0.1) is 0 Å². The van der Waals surface area contributed by atoms with Crippen LogP contribution in [0.5, 0.6) is 0 Å². The largest absolute Gasteiger partial charge is 0.394 e. The maximum Gasteiger partial charge on any atom is 0.0673 e. The Morgan fingerprint density at radius 3 is 1.50 bits per heavy atom. The summed E-state index contributed by atoms with van der Waals surface area (Å²) in [4.78, 5) is 2.37. The third-order valence-corrected chi connectivity index (χ3v) is 4.32. The van der Waals surface area contributed by atoms with Crippen LogP contribution >= 0.6 is 0 Å². The van der Waals surface area contributed by atoms with Crippen molar-refractivity contribution in [3.05, 3.63) is 0 Å². The van der Waals surface area contributed by atoms with Crippen molar-refractivity contribution < 1.29 is 10.2 Å². The molecule has 0 aromatic heterocycles. The first-order valence-corrected chi connectivity index (χ1v) is 8.67. The molecule has 0 aliphatic rings. The monoisotopic (exact) mass is 287 g/mol. The maximum absolute atomic E-state index is 9.88. The summed E-state index contributed by atoms with van der Waals surface area (Å²) >= 11 is 0. The summed E-state index contributed by atoms with van der Waals surface area (Å²) in [6.45, 7) is 8.74. The average molecular weight is 287 g/mol. The molecule has 0 aromatic rings. The van der Waals surface area contributed by atoms with Gasteiger partial charge in [0.1, 0.15) is 0 Å². The Balaban J connectivity index is 4.68. The van der Waals surface area contributed by atoms with Gasteiger partial charge in [-0.05, 0) is 32.4 Å². The molecule has 0 aromatic carbocycles. The highest BCUT2D eigenvalue weighted by Crippen LogP contribution is 2.24. The van der Waals surface area contributed by atoms with E-state index in [1.165, 1.54) is 25.7 Å². The second-order valence-corrected chi connectivity index (χ2v) is 6.05. The molecule has 122 valence electrons. The van der Waals surface area contributed by atoms with Crippen molar-refractivity contribution in [3.8, 4) is 0 Å². The Morgan fingerprint density at radius 2 is 1.15 bits per heavy atom. The normalized spacial score (nSPS) is 12.3. The highest BCUT2D eigenvalue weighted by molar-refractivity contribution is 4.90. The lowest BCUT2D eigenvalue weighted by Crippen LogP contribution is -2.55. The quantitative estimate of drug-likeness (QED) is 0.480. The van der Waals surface area contributed by atoms with Crippen molar-refractivity contribution in [1.29, 1.82) is 0 Å². The topological polar surface area (TPSA) is 43.7 Å². The minimum absolute atomic E-state index is 0.0712. The Labute approximate surface area is 126 Å². The zero-order valence-electron chi connectivity index (χ0n) is 14.0. The van der Waals surface area contributed by atoms with Gasteiger partial charge in [0.2, 0.25) is 0 Å². The number of hydrogen-bond donors (Lipinski definition) is 2. The van der Waals surface area contributed by atoms with Crippen LogP contribution in [0.25, 0.3) is 0 Å². The van der Waals surface area contributed by atoms with Crippen LogP contribution in [0.3, 0.4) is 0 Å². The molecular formula is C17H37NO2. The van der Waals surface area contributed by atoms with Gasteiger partial charge >= 0.3 is 0 Å². The van der Waals surface area contributed by atoms with Crippen molar-refractivity contribution >= 4 is 0 Å². The molecule has 0 heterocycles. The van der Waals surface area contributed by atoms with Gasteiger partial charge in [-0.3, -0.25) is 4.90 Å². The Hall–Kier alpha value is -0.120. The second-order valence-electron chi connectivity index (χ2n) is 6.05. The average Bonchev–Trinajstić information content (AvgIpc) is 2.48. The maximum atomic E-state index is 9.88. The molecule has 2 N–H and O–H groups in total. The van der Waals surface area contributed by atoms with E-state index in [0.717, 1.165) is 45.2 Å². The molecule has 0 spiro atoms. The Bertz CT molecular complexity index is 195. The van der Waals surface area contributed by atoms with Crippen molar-refractivity contribution in [2.45, 2.75) is 84.1 Å². The lowest BCUT2D eigenvalue weighted by atomic mass is 9.91. The van der Waals surface area contributed by atoms with E-state index in [0.29, 0.717) is 0 Å². The molecule has 3 nitrogen and oxygen atoms in total. The second kappa shape index (κ2) is 12.6. The first kappa shape index (κ1) is 19.9. The summed E-state index contributed by atoms with van der Waals surface area (Å²) in [7, 11) is 0. The minimum atomic E-state index is -0.405. The van der Waals surface area contributed by atoms with E-state index >= 15 is 0 Å². The van der Waals surface area contributed by atoms with Crippen LogP contribution in [0.4, 0.5) is 0 Å². The summed E-state index contributed by atoms with van der Waals surface area (Å²) in [5.41, 5.74) is -0.405. The van der Waals surface area contributed by atoms with Gasteiger partial charge in [0.15, 0.2) is 0 Å². The van der Waals surface area contributed by atoms with Crippen molar-refractivity contribution in [1.82, 2.24) is 4.90 Å². The highest BCUT2D eigenvalue weighted by Gasteiger charge is 2.34. The molecule has 0 aliphatic heterocycles. The zero-order valence-corrected chi connectivity index (χ0v) is 14.0. The smallest absolute Gasteiger partial charge is 0.0673 e. The number of hydrogen-bond acceptors (Lipinski definition) is 3. The summed E-state index contributed by atoms with van der Waals surface area (Å²) < 4.78 is 0. The molecule has 3 heteroatoms. The van der Waals surface area contributed by atoms with Crippen LogP contribution in [0.15, 0.2) is 0 Å². The molecule has 0 amide bonds. The number of aliphatic hydroxyl groups is 2. The fraction of sp³-hybridized carbons (Fsp3) is 1.00. The molecule has 0 bridgehead atoms. The molecule has 0 fully saturated rings. The lowest BCUT2D eigenvalue weighted by molar-refractivity contribution is -0.0225. The summed E-state index contributed by atoms with van der Waals surface area (Å²) in [6.07, 6.45) is 10.3. The molecule has 0 aliphatic carbocycles. The van der Waals surface area contributed by atoms with Gasteiger partial charge in [-0.2, -0.15) is 0 Å². The molecule has 20 heavy (non-hydrogen) atoms. The van der Waals surface area contributed by atoms with E-state index in [2.05, 4.69) is 25.7 Å². The van der Waals surface area contributed by atoms with E-state index in [1.54, 1.807) is 0 Å². The van der Waals surface area contributed by atoms with Crippen molar-refractivity contribution in [2.75, 3.05) is 26.3 Å². The number of nitrogens with zero attached hydrogens (tertiary/aromatic N) is 1. The fourth-order valence-corrected chi connectivity index (χ4v) is 2.76. The van der Waals surface area contributed by atoms with Crippen molar-refractivity contribution in [2.24, 2.45) is 0 Å². The summed E-state index contributed by atoms with van der Waals surface area (Å²) in [5.74, 6) is 0. The van der Waals surface area contributed by atoms with Gasteiger partial charge in [0.25, 0.3) is 0 Å². The number of unbranched alkanes of at least 4 members (excludes halogenated alkanes) is 5. The van der Waals surface area contributed by atoms with E-state index in [-0.39, 0.29) is 13.2 Å². The molecule has 0 saturated carbocycles. The minimum Gasteiger partial charge on any atom is -0.394 e. The molecule has 0 unspecified atom stereocenters. The van der Waals surface area contributed by atoms with Gasteiger partial charge in [0.05, 0.1) is 18.8 Å². The number of rotatable bonds is 14. The van der Waals surface area contributed by atoms with Crippen LogP contribution in [0.2, 0.25) is 0 Å². The van der Waals surface area contributed by atoms with E-state index in [1.807, 2.05) is 0 Å². The first-order valence-electron chi connectivity index (χ1n) is 8.67. The van der Waals surface area contributed by atoms with Crippen LogP contribution in [-0.2, 0) is 0 Å². The standard InChI is InChI=1S/C17H37NO2/c1-4-7-10-13-18(14-11-8-5-2)17(15-19,16-20)12-9-6-3/h19-20H,4-16H2,1-3H3. The summed E-state index contributed by atoms with van der Waals surface area (Å²) in [5, 5.41) is 19.8. The van der Waals surface area contributed by atoms with Gasteiger partial charge in [-0.15, -0.1) is 0 Å². The molecular weight excluding hydrogens is 250 g/mol. The van der Waals surface area contributed by atoms with Gasteiger partial charge in [-0.1, -0.05) is 59.3 Å². The van der Waals surface area contributed by atoms with E-state index < -0.39 is 5.54 Å². The SMILES string of the molecule is CCCCCN(CCCCC)C(CO)(CO)CCCC. The third-order valence-electron chi connectivity index (χ3n) is 4.32. The zero-order chi connectivity index (χ0) is 15.3. The predicted molar refractivity (Wildman–Crippen MR) is 87.1 cm³/mol. The number of aliphatic hydroxyl groups excluding tert-OH is 2. The van der Waals surface area contributed by atoms with E-state index in [9.17, 15) is 10.2 Å². The summed E-state index contributed by atoms with van der Waals surface area (Å²) in [6, 6.07) is 0. The van der Waals surface area contributed by atoms with Gasteiger partial charge in [-0.25, -0.2) is 0 Å². The van der Waals surface area contributed by atoms with Crippen LogP contribution < -0.4 is 0 Å². The molecule has 0 saturated heterocycles. The third kappa shape index (κ3) is 7.05. The van der Waals surface area contributed by atoms with Gasteiger partial charge in [0, 0.05) is 0 Å². The van der Waals surface area contributed by atoms with Crippen molar-refractivity contribution in [3.63, 3.8) is 0 Å². The van der Waals surface area contributed by atoms with Crippen LogP contribution in [-0.4, -0.2) is 47.0 Å². The Kier molecular flexibility index (Phi) is 12.5. The predicted octanol–water partition coefficient (Wildman–Crippen LogP) is 3.58. The molecule has 0 radical (unpaired) electrons. The Morgan fingerprint density at radius 1 is 0.700 bits per heavy atom. The van der Waals surface area contributed by atoms with Gasteiger partial charge < -0.3 is 10.2 Å². The first-order chi connectivity index (χ1) is 9.70. The van der Waals surface area contributed by atoms with E-state index in [4.69, 9.17) is 0 Å². The molecule has 0 atom stereocenters.